The number of imidazole rings is 1. The zero-order chi connectivity index (χ0) is 17.6. The summed E-state index contributed by atoms with van der Waals surface area (Å²) in [5, 5.41) is 1.33. The lowest BCUT2D eigenvalue weighted by molar-refractivity contribution is 0.0900. The summed E-state index contributed by atoms with van der Waals surface area (Å²) in [5.41, 5.74) is 1.98. The first-order valence-corrected chi connectivity index (χ1v) is 12.6. The minimum atomic E-state index is -1.13. The number of H-pyrrole nitrogens is 1. The van der Waals surface area contributed by atoms with Crippen LogP contribution in [0.3, 0.4) is 0 Å². The van der Waals surface area contributed by atoms with Gasteiger partial charge in [0.15, 0.2) is 0 Å². The van der Waals surface area contributed by atoms with Crippen molar-refractivity contribution in [1.29, 1.82) is 0 Å². The molecule has 0 aromatic carbocycles. The number of ether oxygens (including phenoxy) is 1. The standard InChI is InChI=1S/C15H20BrClN4O2Si/c1-20-12-9(19-15(20)22)7-18-14-10(12)11(16)13(17)21(14)8-23-5-6-24(2,3)4/h7H,5-6,8H2,1-4H3,(H,19,22). The van der Waals surface area contributed by atoms with Gasteiger partial charge in [0.25, 0.3) is 0 Å². The topological polar surface area (TPSA) is 64.8 Å². The van der Waals surface area contributed by atoms with Crippen LogP contribution >= 0.6 is 27.5 Å². The Morgan fingerprint density at radius 2 is 2.12 bits per heavy atom. The highest BCUT2D eigenvalue weighted by Crippen LogP contribution is 2.37. The summed E-state index contributed by atoms with van der Waals surface area (Å²) in [4.78, 5) is 19.1. The van der Waals surface area contributed by atoms with Gasteiger partial charge in [0.1, 0.15) is 17.5 Å². The molecule has 0 unspecified atom stereocenters. The zero-order valence-corrected chi connectivity index (χ0v) is 17.5. The fourth-order valence-electron chi connectivity index (χ4n) is 2.61. The number of nitrogens with one attached hydrogen (secondary N) is 1. The molecule has 0 spiro atoms. The maximum atomic E-state index is 11.9. The third-order valence-corrected chi connectivity index (χ3v) is 7.12. The number of hydrogen-bond acceptors (Lipinski definition) is 3. The summed E-state index contributed by atoms with van der Waals surface area (Å²) in [7, 11) is 0.592. The molecule has 0 aliphatic heterocycles. The molecule has 9 heteroatoms. The van der Waals surface area contributed by atoms with E-state index in [4.69, 9.17) is 16.3 Å². The molecular weight excluding hydrogens is 412 g/mol. The highest BCUT2D eigenvalue weighted by atomic mass is 79.9. The first-order chi connectivity index (χ1) is 11.2. The van der Waals surface area contributed by atoms with Gasteiger partial charge in [-0.3, -0.25) is 9.13 Å². The smallest absolute Gasteiger partial charge is 0.326 e. The Balaban J connectivity index is 2.02. The maximum Gasteiger partial charge on any atom is 0.326 e. The van der Waals surface area contributed by atoms with Crippen LogP contribution in [0, 0.1) is 0 Å². The van der Waals surface area contributed by atoms with Crippen LogP contribution in [0.1, 0.15) is 0 Å². The van der Waals surface area contributed by atoms with E-state index >= 15 is 0 Å². The molecule has 3 rings (SSSR count). The van der Waals surface area contributed by atoms with Crippen molar-refractivity contribution >= 4 is 57.7 Å². The first-order valence-electron chi connectivity index (χ1n) is 7.69. The van der Waals surface area contributed by atoms with Gasteiger partial charge in [0.05, 0.1) is 27.1 Å². The quantitative estimate of drug-likeness (QED) is 0.491. The molecule has 0 radical (unpaired) electrons. The van der Waals surface area contributed by atoms with E-state index in [1.165, 1.54) is 0 Å². The third-order valence-electron chi connectivity index (χ3n) is 4.02. The molecule has 3 aromatic heterocycles. The molecule has 0 amide bonds. The predicted octanol–water partition coefficient (Wildman–Crippen LogP) is 3.94. The molecule has 3 heterocycles. The number of fused-ring (bicyclic) bond motifs is 3. The Hall–Kier alpha value is -1.09. The molecule has 0 aliphatic rings. The van der Waals surface area contributed by atoms with Crippen molar-refractivity contribution in [2.45, 2.75) is 32.4 Å². The Bertz CT molecular complexity index is 970. The van der Waals surface area contributed by atoms with Crippen LogP contribution in [0.15, 0.2) is 15.5 Å². The van der Waals surface area contributed by atoms with Crippen LogP contribution in [0.25, 0.3) is 22.1 Å². The summed E-state index contributed by atoms with van der Waals surface area (Å²) >= 11 is 10.0. The van der Waals surface area contributed by atoms with Crippen LogP contribution < -0.4 is 5.69 Å². The Labute approximate surface area is 153 Å². The molecule has 0 saturated heterocycles. The Morgan fingerprint density at radius 3 is 2.79 bits per heavy atom. The monoisotopic (exact) mass is 430 g/mol. The second kappa shape index (κ2) is 6.33. The van der Waals surface area contributed by atoms with E-state index in [1.54, 1.807) is 17.8 Å². The predicted molar refractivity (Wildman–Crippen MR) is 104 cm³/mol. The number of nitrogens with zero attached hydrogens (tertiary/aromatic N) is 3. The fourth-order valence-corrected chi connectivity index (χ4v) is 4.16. The van der Waals surface area contributed by atoms with Crippen molar-refractivity contribution in [1.82, 2.24) is 19.1 Å². The number of aromatic amines is 1. The normalized spacial score (nSPS) is 12.6. The molecule has 0 aliphatic carbocycles. The van der Waals surface area contributed by atoms with Gasteiger partial charge in [0, 0.05) is 21.7 Å². The van der Waals surface area contributed by atoms with Gasteiger partial charge in [0.2, 0.25) is 0 Å². The maximum absolute atomic E-state index is 11.9. The number of pyridine rings is 1. The highest BCUT2D eigenvalue weighted by Gasteiger charge is 2.20. The van der Waals surface area contributed by atoms with Gasteiger partial charge in [-0.15, -0.1) is 0 Å². The van der Waals surface area contributed by atoms with Crippen molar-refractivity contribution in [2.75, 3.05) is 6.61 Å². The van der Waals surface area contributed by atoms with Crippen LogP contribution in [-0.4, -0.2) is 33.8 Å². The molecule has 0 bridgehead atoms. The summed E-state index contributed by atoms with van der Waals surface area (Å²) in [6, 6.07) is 1.09. The minimum absolute atomic E-state index is 0.179. The molecule has 24 heavy (non-hydrogen) atoms. The highest BCUT2D eigenvalue weighted by molar-refractivity contribution is 9.10. The van der Waals surface area contributed by atoms with Gasteiger partial charge in [-0.2, -0.15) is 0 Å². The van der Waals surface area contributed by atoms with Gasteiger partial charge in [-0.05, 0) is 22.0 Å². The first kappa shape index (κ1) is 17.7. The lowest BCUT2D eigenvalue weighted by Crippen LogP contribution is -2.22. The van der Waals surface area contributed by atoms with E-state index in [1.807, 2.05) is 4.57 Å². The summed E-state index contributed by atoms with van der Waals surface area (Å²) < 4.78 is 9.93. The van der Waals surface area contributed by atoms with Crippen LogP contribution in [0.4, 0.5) is 0 Å². The van der Waals surface area contributed by atoms with Gasteiger partial charge < -0.3 is 9.72 Å². The largest absolute Gasteiger partial charge is 0.361 e. The molecule has 0 fully saturated rings. The number of rotatable bonds is 5. The van der Waals surface area contributed by atoms with E-state index < -0.39 is 8.07 Å². The molecule has 130 valence electrons. The van der Waals surface area contributed by atoms with Crippen molar-refractivity contribution in [3.05, 3.63) is 26.3 Å². The Morgan fingerprint density at radius 1 is 1.42 bits per heavy atom. The lowest BCUT2D eigenvalue weighted by Gasteiger charge is -2.16. The molecule has 0 saturated carbocycles. The number of aromatic nitrogens is 4. The molecule has 6 nitrogen and oxygen atoms in total. The van der Waals surface area contributed by atoms with Gasteiger partial charge >= 0.3 is 5.69 Å². The molecule has 3 aromatic rings. The summed E-state index contributed by atoms with van der Waals surface area (Å²) in [5.74, 6) is 0. The number of halogens is 2. The van der Waals surface area contributed by atoms with Crippen molar-refractivity contribution in [3.8, 4) is 0 Å². The lowest BCUT2D eigenvalue weighted by atomic mass is 10.3. The van der Waals surface area contributed by atoms with E-state index in [-0.39, 0.29) is 5.69 Å². The second-order valence-electron chi connectivity index (χ2n) is 7.09. The van der Waals surface area contributed by atoms with E-state index in [0.29, 0.717) is 29.7 Å². The SMILES string of the molecule is Cn1c(=O)[nH]c2cnc3c(c(Br)c(Cl)n3COCC[Si](C)(C)C)c21. The second-order valence-corrected chi connectivity index (χ2v) is 13.9. The van der Waals surface area contributed by atoms with Gasteiger partial charge in [-0.1, -0.05) is 31.2 Å². The van der Waals surface area contributed by atoms with E-state index in [2.05, 4.69) is 45.5 Å². The average molecular weight is 432 g/mol. The van der Waals surface area contributed by atoms with Crippen LogP contribution in [0.5, 0.6) is 0 Å². The van der Waals surface area contributed by atoms with E-state index in [9.17, 15) is 4.79 Å². The van der Waals surface area contributed by atoms with Crippen molar-refractivity contribution in [3.63, 3.8) is 0 Å². The zero-order valence-electron chi connectivity index (χ0n) is 14.1. The number of hydrogen-bond donors (Lipinski definition) is 1. The number of aryl methyl sites for hydroxylation is 1. The average Bonchev–Trinajstić information content (AvgIpc) is 2.91. The van der Waals surface area contributed by atoms with Crippen molar-refractivity contribution < 1.29 is 4.74 Å². The molecule has 0 atom stereocenters. The van der Waals surface area contributed by atoms with E-state index in [0.717, 1.165) is 21.4 Å². The molecular formula is C15H20BrClN4O2Si. The van der Waals surface area contributed by atoms with Crippen LogP contribution in [-0.2, 0) is 18.5 Å². The third kappa shape index (κ3) is 3.08. The van der Waals surface area contributed by atoms with Crippen LogP contribution in [0.2, 0.25) is 30.8 Å². The van der Waals surface area contributed by atoms with Gasteiger partial charge in [-0.25, -0.2) is 9.78 Å². The summed E-state index contributed by atoms with van der Waals surface area (Å²) in [6.07, 6.45) is 1.65. The molecule has 1 N–H and O–H groups in total. The minimum Gasteiger partial charge on any atom is -0.361 e. The van der Waals surface area contributed by atoms with Crippen molar-refractivity contribution in [2.24, 2.45) is 7.05 Å². The summed E-state index contributed by atoms with van der Waals surface area (Å²) in [6.45, 7) is 7.98. The fraction of sp³-hybridized carbons (Fsp3) is 0.467. The Kier molecular flexibility index (Phi) is 4.67.